The molecule has 0 heterocycles. The summed E-state index contributed by atoms with van der Waals surface area (Å²) in [6.45, 7) is 3.64. The highest BCUT2D eigenvalue weighted by Crippen LogP contribution is 2.24. The van der Waals surface area contributed by atoms with Crippen LogP contribution in [-0.4, -0.2) is 25.7 Å². The van der Waals surface area contributed by atoms with E-state index in [0.717, 1.165) is 12.5 Å². The van der Waals surface area contributed by atoms with Crippen molar-refractivity contribution in [1.82, 2.24) is 5.32 Å². The molecule has 3 nitrogen and oxygen atoms in total. The van der Waals surface area contributed by atoms with E-state index in [0.29, 0.717) is 13.2 Å². The van der Waals surface area contributed by atoms with Gasteiger partial charge in [0.1, 0.15) is 0 Å². The third-order valence-corrected chi connectivity index (χ3v) is 2.60. The van der Waals surface area contributed by atoms with Crippen molar-refractivity contribution < 1.29 is 9.53 Å². The Hall–Kier alpha value is -1.01. The van der Waals surface area contributed by atoms with Crippen LogP contribution in [0.3, 0.4) is 0 Å². The molecule has 1 rings (SSSR count). The number of hydrogen-bond donors (Lipinski definition) is 1. The van der Waals surface area contributed by atoms with E-state index in [2.05, 4.69) is 17.2 Å². The Morgan fingerprint density at radius 1 is 1.47 bits per heavy atom. The third-order valence-electron chi connectivity index (χ3n) is 2.60. The first-order chi connectivity index (χ1) is 7.33. The molecule has 0 radical (unpaired) electrons. The molecular weight excluding hydrogens is 190 g/mol. The summed E-state index contributed by atoms with van der Waals surface area (Å²) in [5.74, 6) is 5.50. The van der Waals surface area contributed by atoms with Gasteiger partial charge in [0, 0.05) is 13.2 Å². The fourth-order valence-electron chi connectivity index (χ4n) is 1.82. The maximum atomic E-state index is 10.9. The van der Waals surface area contributed by atoms with Gasteiger partial charge >= 0.3 is 0 Å². The van der Waals surface area contributed by atoms with Crippen molar-refractivity contribution in [3.63, 3.8) is 0 Å². The zero-order chi connectivity index (χ0) is 10.9. The topological polar surface area (TPSA) is 38.3 Å². The van der Waals surface area contributed by atoms with Gasteiger partial charge in [-0.15, -0.1) is 0 Å². The number of carbonyl (C=O) groups excluding carboxylic acids is 1. The van der Waals surface area contributed by atoms with Crippen LogP contribution in [0, 0.1) is 17.8 Å². The largest absolute Gasteiger partial charge is 0.379 e. The zero-order valence-corrected chi connectivity index (χ0v) is 9.34. The van der Waals surface area contributed by atoms with Crippen molar-refractivity contribution in [3.05, 3.63) is 0 Å². The van der Waals surface area contributed by atoms with Gasteiger partial charge in [0.05, 0.1) is 6.61 Å². The van der Waals surface area contributed by atoms with Gasteiger partial charge < -0.3 is 10.1 Å². The number of hydrogen-bond acceptors (Lipinski definition) is 2. The molecule has 0 aromatic heterocycles. The molecule has 0 aromatic rings. The molecule has 84 valence electrons. The van der Waals surface area contributed by atoms with Crippen molar-refractivity contribution in [3.8, 4) is 11.8 Å². The lowest BCUT2D eigenvalue weighted by atomic mass is 10.1. The van der Waals surface area contributed by atoms with E-state index >= 15 is 0 Å². The van der Waals surface area contributed by atoms with Crippen LogP contribution in [0.4, 0.5) is 0 Å². The maximum absolute atomic E-state index is 10.9. The second kappa shape index (κ2) is 7.30. The quantitative estimate of drug-likeness (QED) is 0.548. The maximum Gasteiger partial charge on any atom is 0.295 e. The van der Waals surface area contributed by atoms with Gasteiger partial charge in [-0.25, -0.2) is 0 Å². The Labute approximate surface area is 91.6 Å². The van der Waals surface area contributed by atoms with E-state index < -0.39 is 0 Å². The first-order valence-electron chi connectivity index (χ1n) is 5.61. The number of ether oxygens (including phenoxy) is 1. The molecule has 0 unspecified atom stereocenters. The number of rotatable bonds is 5. The Morgan fingerprint density at radius 2 is 2.20 bits per heavy atom. The first kappa shape index (κ1) is 12.1. The molecule has 1 fully saturated rings. The summed E-state index contributed by atoms with van der Waals surface area (Å²) in [5, 5.41) is 2.67. The van der Waals surface area contributed by atoms with E-state index in [1.54, 1.807) is 6.92 Å². The van der Waals surface area contributed by atoms with Gasteiger partial charge in [-0.2, -0.15) is 0 Å². The normalized spacial score (nSPS) is 15.8. The molecule has 0 bridgehead atoms. The van der Waals surface area contributed by atoms with Gasteiger partial charge in [-0.05, 0) is 31.6 Å². The Kier molecular flexibility index (Phi) is 5.87. The number of nitrogens with one attached hydrogen (secondary N) is 1. The van der Waals surface area contributed by atoms with Crippen molar-refractivity contribution in [2.24, 2.45) is 5.92 Å². The fourth-order valence-corrected chi connectivity index (χ4v) is 1.82. The smallest absolute Gasteiger partial charge is 0.295 e. The lowest BCUT2D eigenvalue weighted by Gasteiger charge is -2.09. The highest BCUT2D eigenvalue weighted by molar-refractivity contribution is 5.93. The average Bonchev–Trinajstić information content (AvgIpc) is 2.70. The minimum atomic E-state index is -0.220. The lowest BCUT2D eigenvalue weighted by molar-refractivity contribution is -0.115. The SMILES string of the molecule is CC#CC(=O)NCCOCC1CCCC1. The molecule has 1 saturated carbocycles. The third kappa shape index (κ3) is 5.44. The van der Waals surface area contributed by atoms with Crippen molar-refractivity contribution in [2.75, 3.05) is 19.8 Å². The Bertz CT molecular complexity index is 246. The summed E-state index contributed by atoms with van der Waals surface area (Å²) in [6, 6.07) is 0. The van der Waals surface area contributed by atoms with Gasteiger partial charge in [0.2, 0.25) is 0 Å². The van der Waals surface area contributed by atoms with Crippen LogP contribution in [-0.2, 0) is 9.53 Å². The van der Waals surface area contributed by atoms with E-state index in [1.807, 2.05) is 0 Å². The minimum Gasteiger partial charge on any atom is -0.379 e. The Morgan fingerprint density at radius 3 is 2.87 bits per heavy atom. The van der Waals surface area contributed by atoms with Crippen LogP contribution in [0.2, 0.25) is 0 Å². The van der Waals surface area contributed by atoms with Crippen LogP contribution < -0.4 is 5.32 Å². The molecule has 15 heavy (non-hydrogen) atoms. The summed E-state index contributed by atoms with van der Waals surface area (Å²) < 4.78 is 5.48. The molecular formula is C12H19NO2. The summed E-state index contributed by atoms with van der Waals surface area (Å²) in [6.07, 6.45) is 5.29. The standard InChI is InChI=1S/C12H19NO2/c1-2-5-12(14)13-8-9-15-10-11-6-3-4-7-11/h11H,3-4,6-10H2,1H3,(H,13,14). The highest BCUT2D eigenvalue weighted by Gasteiger charge is 2.14. The van der Waals surface area contributed by atoms with Gasteiger partial charge in [-0.3, -0.25) is 4.79 Å². The summed E-state index contributed by atoms with van der Waals surface area (Å²) in [7, 11) is 0. The Balaban J connectivity index is 1.91. The van der Waals surface area contributed by atoms with Crippen molar-refractivity contribution in [1.29, 1.82) is 0 Å². The molecule has 1 aliphatic carbocycles. The molecule has 0 spiro atoms. The van der Waals surface area contributed by atoms with E-state index in [4.69, 9.17) is 4.74 Å². The minimum absolute atomic E-state index is 0.220. The molecule has 1 amide bonds. The van der Waals surface area contributed by atoms with Crippen LogP contribution >= 0.6 is 0 Å². The summed E-state index contributed by atoms with van der Waals surface area (Å²) in [5.41, 5.74) is 0. The lowest BCUT2D eigenvalue weighted by Crippen LogP contribution is -2.26. The second-order valence-electron chi connectivity index (χ2n) is 3.86. The zero-order valence-electron chi connectivity index (χ0n) is 9.34. The van der Waals surface area contributed by atoms with Crippen LogP contribution in [0.5, 0.6) is 0 Å². The molecule has 1 aliphatic rings. The molecule has 0 atom stereocenters. The van der Waals surface area contributed by atoms with Gasteiger partial charge in [-0.1, -0.05) is 18.8 Å². The second-order valence-corrected chi connectivity index (χ2v) is 3.86. The van der Waals surface area contributed by atoms with Gasteiger partial charge in [0.25, 0.3) is 5.91 Å². The van der Waals surface area contributed by atoms with Crippen LogP contribution in [0.1, 0.15) is 32.6 Å². The fraction of sp³-hybridized carbons (Fsp3) is 0.750. The summed E-state index contributed by atoms with van der Waals surface area (Å²) in [4.78, 5) is 10.9. The predicted molar refractivity (Wildman–Crippen MR) is 59.2 cm³/mol. The first-order valence-corrected chi connectivity index (χ1v) is 5.61. The molecule has 1 N–H and O–H groups in total. The van der Waals surface area contributed by atoms with E-state index in [-0.39, 0.29) is 5.91 Å². The van der Waals surface area contributed by atoms with Crippen LogP contribution in [0.25, 0.3) is 0 Å². The summed E-state index contributed by atoms with van der Waals surface area (Å²) >= 11 is 0. The average molecular weight is 209 g/mol. The predicted octanol–water partition coefficient (Wildman–Crippen LogP) is 1.33. The number of carbonyl (C=O) groups is 1. The van der Waals surface area contributed by atoms with Crippen LogP contribution in [0.15, 0.2) is 0 Å². The molecule has 0 saturated heterocycles. The van der Waals surface area contributed by atoms with Crippen molar-refractivity contribution in [2.45, 2.75) is 32.6 Å². The monoisotopic (exact) mass is 209 g/mol. The molecule has 0 aromatic carbocycles. The van der Waals surface area contributed by atoms with E-state index in [1.165, 1.54) is 25.7 Å². The molecule has 0 aliphatic heterocycles. The highest BCUT2D eigenvalue weighted by atomic mass is 16.5. The number of amides is 1. The van der Waals surface area contributed by atoms with E-state index in [9.17, 15) is 4.79 Å². The molecule has 3 heteroatoms. The van der Waals surface area contributed by atoms with Gasteiger partial charge in [0.15, 0.2) is 0 Å². The van der Waals surface area contributed by atoms with Crippen molar-refractivity contribution >= 4 is 5.91 Å².